The Morgan fingerprint density at radius 2 is 1.73 bits per heavy atom. The van der Waals surface area contributed by atoms with E-state index < -0.39 is 37.5 Å². The van der Waals surface area contributed by atoms with Gasteiger partial charge in [0.1, 0.15) is 12.2 Å². The third-order valence-corrected chi connectivity index (χ3v) is 10.4. The summed E-state index contributed by atoms with van der Waals surface area (Å²) in [6.07, 6.45) is 7.12. The Hall–Kier alpha value is -0.920. The number of unbranched alkanes of at least 4 members (excludes halogenated alkanes) is 1. The quantitative estimate of drug-likeness (QED) is 0.0949. The molecule has 1 aromatic carbocycles. The van der Waals surface area contributed by atoms with Crippen molar-refractivity contribution in [2.75, 3.05) is 18.9 Å². The van der Waals surface area contributed by atoms with Gasteiger partial charge in [-0.3, -0.25) is 18.7 Å². The summed E-state index contributed by atoms with van der Waals surface area (Å²) in [6, 6.07) is 9.10. The molecular weight excluding hydrogens is 557 g/mol. The van der Waals surface area contributed by atoms with Crippen LogP contribution in [0, 0.1) is 17.8 Å². The van der Waals surface area contributed by atoms with E-state index in [1.54, 1.807) is 6.92 Å². The predicted molar refractivity (Wildman–Crippen MR) is 156 cm³/mol. The molecule has 1 aliphatic heterocycles. The molecule has 1 heterocycles. The van der Waals surface area contributed by atoms with Crippen LogP contribution in [-0.2, 0) is 34.6 Å². The van der Waals surface area contributed by atoms with Crippen LogP contribution in [0.2, 0.25) is 0 Å². The fourth-order valence-electron chi connectivity index (χ4n) is 5.80. The van der Waals surface area contributed by atoms with Crippen LogP contribution in [0.3, 0.4) is 0 Å². The zero-order valence-corrected chi connectivity index (χ0v) is 27.6. The number of hydrogen-bond donors (Lipinski definition) is 1. The number of hydrogen-bond acceptors (Lipinski definition) is 6. The van der Waals surface area contributed by atoms with Crippen molar-refractivity contribution in [1.29, 1.82) is 0 Å². The Balaban J connectivity index is 0.00000560. The SMILES string of the molecule is CCC(=O)O[C@@H](O[P@](=O)(CCCCc1ccccc1)CC(=O)N1C[C@H](C2CCCCC2)C[C@H]1C(=O)O)C(C)C.[Ca+2]. The fourth-order valence-corrected chi connectivity index (χ4v) is 8.10. The van der Waals surface area contributed by atoms with Gasteiger partial charge in [0.15, 0.2) is 0 Å². The first-order valence-corrected chi connectivity index (χ1v) is 16.6. The van der Waals surface area contributed by atoms with Gasteiger partial charge < -0.3 is 14.7 Å². The van der Waals surface area contributed by atoms with Gasteiger partial charge >= 0.3 is 49.7 Å². The largest absolute Gasteiger partial charge is 2.00 e. The van der Waals surface area contributed by atoms with E-state index in [0.717, 1.165) is 38.5 Å². The molecule has 1 saturated heterocycles. The van der Waals surface area contributed by atoms with Crippen molar-refractivity contribution in [1.82, 2.24) is 4.90 Å². The van der Waals surface area contributed by atoms with E-state index in [1.165, 1.54) is 16.9 Å². The number of carbonyl (C=O) groups excluding carboxylic acids is 2. The Labute approximate surface area is 269 Å². The minimum Gasteiger partial charge on any atom is -0.480 e. The van der Waals surface area contributed by atoms with E-state index in [9.17, 15) is 24.1 Å². The molecule has 218 valence electrons. The second kappa shape index (κ2) is 17.3. The molecule has 0 spiro atoms. The average molecular weight is 604 g/mol. The topological polar surface area (TPSA) is 110 Å². The Morgan fingerprint density at radius 1 is 1.05 bits per heavy atom. The van der Waals surface area contributed by atoms with Gasteiger partial charge in [-0.05, 0) is 43.1 Å². The molecule has 0 unspecified atom stereocenters. The molecule has 3 rings (SSSR count). The van der Waals surface area contributed by atoms with E-state index in [0.29, 0.717) is 25.3 Å². The van der Waals surface area contributed by atoms with E-state index in [2.05, 4.69) is 0 Å². The molecule has 2 fully saturated rings. The van der Waals surface area contributed by atoms with Gasteiger partial charge in [0.05, 0.1) is 0 Å². The molecule has 0 radical (unpaired) electrons. The summed E-state index contributed by atoms with van der Waals surface area (Å²) in [5, 5.41) is 9.92. The third-order valence-electron chi connectivity index (χ3n) is 8.07. The van der Waals surface area contributed by atoms with Crippen LogP contribution >= 0.6 is 7.37 Å². The van der Waals surface area contributed by atoms with Gasteiger partial charge in [0.25, 0.3) is 0 Å². The molecule has 1 amide bonds. The van der Waals surface area contributed by atoms with E-state index in [4.69, 9.17) is 9.26 Å². The Morgan fingerprint density at radius 3 is 2.33 bits per heavy atom. The summed E-state index contributed by atoms with van der Waals surface area (Å²) in [5.74, 6) is -1.61. The number of ether oxygens (including phenoxy) is 1. The van der Waals surface area contributed by atoms with Crippen LogP contribution in [0.1, 0.15) is 84.1 Å². The second-order valence-electron chi connectivity index (χ2n) is 11.5. The molecule has 1 aliphatic carbocycles. The van der Waals surface area contributed by atoms with Crippen LogP contribution in [-0.4, -0.2) is 96.8 Å². The maximum atomic E-state index is 14.2. The number of aryl methyl sites for hydroxylation is 1. The number of likely N-dealkylation sites (tertiary alicyclic amines) is 1. The predicted octanol–water partition coefficient (Wildman–Crippen LogP) is 5.74. The molecule has 0 aromatic heterocycles. The van der Waals surface area contributed by atoms with Gasteiger partial charge in [-0.1, -0.05) is 83.2 Å². The first-order valence-electron chi connectivity index (χ1n) is 14.6. The minimum absolute atomic E-state index is 0. The van der Waals surface area contributed by atoms with Crippen molar-refractivity contribution < 1.29 is 33.3 Å². The zero-order valence-electron chi connectivity index (χ0n) is 24.5. The zero-order chi connectivity index (χ0) is 28.4. The molecule has 4 atom stereocenters. The number of amides is 1. The van der Waals surface area contributed by atoms with Crippen LogP contribution in [0.4, 0.5) is 0 Å². The van der Waals surface area contributed by atoms with Gasteiger partial charge in [-0.2, -0.15) is 0 Å². The Kier molecular flexibility index (Phi) is 15.2. The molecule has 40 heavy (non-hydrogen) atoms. The Bertz CT molecular complexity index is 999. The van der Waals surface area contributed by atoms with Crippen molar-refractivity contribution in [2.45, 2.75) is 97.3 Å². The molecular formula is C30H46CaNO7P+2. The van der Waals surface area contributed by atoms with Crippen molar-refractivity contribution in [2.24, 2.45) is 17.8 Å². The van der Waals surface area contributed by atoms with Gasteiger partial charge in [-0.15, -0.1) is 0 Å². The fraction of sp³-hybridized carbons (Fsp3) is 0.700. The molecule has 1 saturated carbocycles. The number of esters is 1. The first-order chi connectivity index (χ1) is 18.6. The normalized spacial score (nSPS) is 21.9. The van der Waals surface area contributed by atoms with E-state index in [-0.39, 0.29) is 68.3 Å². The molecule has 8 nitrogen and oxygen atoms in total. The number of rotatable bonds is 14. The number of nitrogens with zero attached hydrogens (tertiary/aromatic N) is 1. The number of carboxylic acid groups (broad SMARTS) is 1. The summed E-state index contributed by atoms with van der Waals surface area (Å²) >= 11 is 0. The van der Waals surface area contributed by atoms with Gasteiger partial charge in [0.2, 0.25) is 19.6 Å². The number of carbonyl (C=O) groups is 3. The van der Waals surface area contributed by atoms with E-state index in [1.807, 2.05) is 44.2 Å². The minimum atomic E-state index is -3.60. The van der Waals surface area contributed by atoms with Crippen LogP contribution in [0.5, 0.6) is 0 Å². The summed E-state index contributed by atoms with van der Waals surface area (Å²) in [4.78, 5) is 39.2. The summed E-state index contributed by atoms with van der Waals surface area (Å²) in [7, 11) is -3.60. The number of benzene rings is 1. The van der Waals surface area contributed by atoms with Gasteiger partial charge in [0, 0.05) is 25.0 Å². The van der Waals surface area contributed by atoms with Crippen LogP contribution < -0.4 is 0 Å². The third kappa shape index (κ3) is 10.7. The molecule has 1 aromatic rings. The van der Waals surface area contributed by atoms with Gasteiger partial charge in [-0.25, -0.2) is 4.79 Å². The number of aliphatic carboxylic acids is 1. The molecule has 0 bridgehead atoms. The maximum absolute atomic E-state index is 14.2. The summed E-state index contributed by atoms with van der Waals surface area (Å²) < 4.78 is 25.7. The standard InChI is InChI=1S/C30H46NO7P.Ca/c1-4-28(33)37-30(22(2)3)38-39(36,18-12-11-15-23-13-7-5-8-14-23)21-27(32)31-20-25(19-26(31)29(34)35)24-16-9-6-10-17-24;/h5,7-8,13-14,22,24-26,30H,4,6,9-12,15-21H2,1-3H3,(H,34,35);/q;+2/t25-,26+,30+,39-;/m1./s1. The van der Waals surface area contributed by atoms with E-state index >= 15 is 0 Å². The molecule has 1 N–H and O–H groups in total. The van der Waals surface area contributed by atoms with Crippen molar-refractivity contribution >= 4 is 63.0 Å². The smallest absolute Gasteiger partial charge is 0.480 e. The van der Waals surface area contributed by atoms with Crippen LogP contribution in [0.15, 0.2) is 30.3 Å². The van der Waals surface area contributed by atoms with Crippen molar-refractivity contribution in [3.63, 3.8) is 0 Å². The molecule has 10 heteroatoms. The maximum Gasteiger partial charge on any atom is 2.00 e. The van der Waals surface area contributed by atoms with Crippen LogP contribution in [0.25, 0.3) is 0 Å². The van der Waals surface area contributed by atoms with Crippen molar-refractivity contribution in [3.8, 4) is 0 Å². The summed E-state index contributed by atoms with van der Waals surface area (Å²) in [5.41, 5.74) is 1.18. The molecule has 2 aliphatic rings. The second-order valence-corrected chi connectivity index (χ2v) is 14.1. The van der Waals surface area contributed by atoms with Crippen molar-refractivity contribution in [3.05, 3.63) is 35.9 Å². The average Bonchev–Trinajstić information content (AvgIpc) is 3.38. The summed E-state index contributed by atoms with van der Waals surface area (Å²) in [6.45, 7) is 5.68. The monoisotopic (exact) mass is 603 g/mol. The first kappa shape index (κ1) is 35.3. The number of carboxylic acids is 1.